The molecule has 0 aliphatic heterocycles. The van der Waals surface area contributed by atoms with E-state index < -0.39 is 5.97 Å². The fourth-order valence-electron chi connectivity index (χ4n) is 2.49. The molecule has 2 N–H and O–H groups in total. The average molecular weight is 262 g/mol. The zero-order valence-electron chi connectivity index (χ0n) is 11.1. The van der Waals surface area contributed by atoms with Crippen LogP contribution in [0.25, 0.3) is 11.0 Å². The Balaban J connectivity index is 2.59. The Morgan fingerprint density at radius 1 is 1.47 bits per heavy atom. The first kappa shape index (κ1) is 13.5. The number of nitrogens with zero attached hydrogens (tertiary/aromatic N) is 2. The van der Waals surface area contributed by atoms with Crippen molar-refractivity contribution in [1.29, 1.82) is 0 Å². The van der Waals surface area contributed by atoms with Gasteiger partial charge in [-0.1, -0.05) is 6.07 Å². The number of aliphatic hydroxyl groups is 1. The van der Waals surface area contributed by atoms with Gasteiger partial charge in [-0.15, -0.1) is 0 Å². The summed E-state index contributed by atoms with van der Waals surface area (Å²) in [5.41, 5.74) is 1.64. The fraction of sp³-hybridized carbons (Fsp3) is 0.429. The molecule has 5 nitrogen and oxygen atoms in total. The molecule has 0 aliphatic rings. The van der Waals surface area contributed by atoms with Crippen molar-refractivity contribution in [2.24, 2.45) is 0 Å². The zero-order chi connectivity index (χ0) is 14.0. The SMILES string of the molecule is Cc1nc2cccc(C(=O)O)c2n1C(C)CCCO. The van der Waals surface area contributed by atoms with Crippen LogP contribution >= 0.6 is 0 Å². The van der Waals surface area contributed by atoms with Gasteiger partial charge in [-0.25, -0.2) is 9.78 Å². The molecule has 0 saturated heterocycles. The molecule has 0 amide bonds. The van der Waals surface area contributed by atoms with Gasteiger partial charge in [0.1, 0.15) is 5.82 Å². The minimum absolute atomic E-state index is 0.109. The highest BCUT2D eigenvalue weighted by atomic mass is 16.4. The van der Waals surface area contributed by atoms with Gasteiger partial charge in [0.05, 0.1) is 16.6 Å². The smallest absolute Gasteiger partial charge is 0.337 e. The van der Waals surface area contributed by atoms with Gasteiger partial charge >= 0.3 is 5.97 Å². The van der Waals surface area contributed by atoms with E-state index in [1.807, 2.05) is 24.5 Å². The van der Waals surface area contributed by atoms with Crippen LogP contribution in [-0.4, -0.2) is 32.3 Å². The van der Waals surface area contributed by atoms with Gasteiger partial charge < -0.3 is 14.8 Å². The molecular weight excluding hydrogens is 244 g/mol. The van der Waals surface area contributed by atoms with E-state index in [-0.39, 0.29) is 18.2 Å². The van der Waals surface area contributed by atoms with E-state index in [2.05, 4.69) is 4.98 Å². The molecule has 102 valence electrons. The van der Waals surface area contributed by atoms with E-state index in [0.29, 0.717) is 17.5 Å². The van der Waals surface area contributed by atoms with Crippen molar-refractivity contribution in [3.8, 4) is 0 Å². The minimum atomic E-state index is -0.943. The second-order valence-electron chi connectivity index (χ2n) is 4.72. The average Bonchev–Trinajstić information content (AvgIpc) is 2.71. The monoisotopic (exact) mass is 262 g/mol. The van der Waals surface area contributed by atoms with Gasteiger partial charge in [0.2, 0.25) is 0 Å². The van der Waals surface area contributed by atoms with Gasteiger partial charge in [0.15, 0.2) is 0 Å². The number of hydrogen-bond acceptors (Lipinski definition) is 3. The Morgan fingerprint density at radius 3 is 2.84 bits per heavy atom. The van der Waals surface area contributed by atoms with Crippen molar-refractivity contribution in [1.82, 2.24) is 9.55 Å². The number of aliphatic hydroxyl groups excluding tert-OH is 1. The molecule has 5 heteroatoms. The standard InChI is InChI=1S/C14H18N2O3/c1-9(5-4-8-17)16-10(2)15-12-7-3-6-11(13(12)16)14(18)19/h3,6-7,9,17H,4-5,8H2,1-2H3,(H,18,19). The van der Waals surface area contributed by atoms with Crippen molar-refractivity contribution in [3.63, 3.8) is 0 Å². The number of imidazole rings is 1. The summed E-state index contributed by atoms with van der Waals surface area (Å²) in [6.07, 6.45) is 1.48. The topological polar surface area (TPSA) is 75.3 Å². The van der Waals surface area contributed by atoms with Gasteiger partial charge in [-0.3, -0.25) is 0 Å². The first-order valence-electron chi connectivity index (χ1n) is 6.38. The van der Waals surface area contributed by atoms with E-state index in [9.17, 15) is 9.90 Å². The number of aromatic nitrogens is 2. The third kappa shape index (κ3) is 2.46. The number of benzene rings is 1. The van der Waals surface area contributed by atoms with Gasteiger partial charge in [0, 0.05) is 12.6 Å². The maximum absolute atomic E-state index is 11.3. The molecule has 1 aromatic heterocycles. The number of carbonyl (C=O) groups is 1. The van der Waals surface area contributed by atoms with Gasteiger partial charge in [0.25, 0.3) is 0 Å². The minimum Gasteiger partial charge on any atom is -0.478 e. The number of hydrogen-bond donors (Lipinski definition) is 2. The van der Waals surface area contributed by atoms with Crippen LogP contribution in [0.4, 0.5) is 0 Å². The molecule has 2 aromatic rings. The zero-order valence-corrected chi connectivity index (χ0v) is 11.1. The number of para-hydroxylation sites is 1. The summed E-state index contributed by atoms with van der Waals surface area (Å²) in [6.45, 7) is 4.03. The number of fused-ring (bicyclic) bond motifs is 1. The molecular formula is C14H18N2O3. The first-order valence-corrected chi connectivity index (χ1v) is 6.38. The fourth-order valence-corrected chi connectivity index (χ4v) is 2.49. The van der Waals surface area contributed by atoms with Crippen LogP contribution in [0.3, 0.4) is 0 Å². The molecule has 1 atom stereocenters. The van der Waals surface area contributed by atoms with Crippen molar-refractivity contribution < 1.29 is 15.0 Å². The number of rotatable bonds is 5. The number of carboxylic acid groups (broad SMARTS) is 1. The van der Waals surface area contributed by atoms with Crippen molar-refractivity contribution in [2.75, 3.05) is 6.61 Å². The normalized spacial score (nSPS) is 12.8. The summed E-state index contributed by atoms with van der Waals surface area (Å²) < 4.78 is 1.95. The molecule has 0 spiro atoms. The lowest BCUT2D eigenvalue weighted by molar-refractivity contribution is 0.0698. The van der Waals surface area contributed by atoms with E-state index in [1.54, 1.807) is 12.1 Å². The van der Waals surface area contributed by atoms with Crippen LogP contribution < -0.4 is 0 Å². The largest absolute Gasteiger partial charge is 0.478 e. The first-order chi connectivity index (χ1) is 9.06. The number of aryl methyl sites for hydroxylation is 1. The predicted molar refractivity (Wildman–Crippen MR) is 72.5 cm³/mol. The summed E-state index contributed by atoms with van der Waals surface area (Å²) in [5, 5.41) is 18.2. The molecule has 19 heavy (non-hydrogen) atoms. The second-order valence-corrected chi connectivity index (χ2v) is 4.72. The molecule has 1 heterocycles. The Kier molecular flexibility index (Phi) is 3.85. The van der Waals surface area contributed by atoms with E-state index >= 15 is 0 Å². The predicted octanol–water partition coefficient (Wildman–Crippen LogP) is 2.38. The van der Waals surface area contributed by atoms with Crippen LogP contribution in [0.2, 0.25) is 0 Å². The van der Waals surface area contributed by atoms with Crippen molar-refractivity contribution >= 4 is 17.0 Å². The maximum Gasteiger partial charge on any atom is 0.337 e. The molecule has 0 aliphatic carbocycles. The number of carboxylic acids is 1. The van der Waals surface area contributed by atoms with E-state index in [4.69, 9.17) is 5.11 Å². The quantitative estimate of drug-likeness (QED) is 0.867. The molecule has 0 bridgehead atoms. The van der Waals surface area contributed by atoms with Crippen LogP contribution in [-0.2, 0) is 0 Å². The summed E-state index contributed by atoms with van der Waals surface area (Å²) in [6, 6.07) is 5.24. The Labute approximate surface area is 111 Å². The molecule has 0 radical (unpaired) electrons. The molecule has 0 fully saturated rings. The summed E-state index contributed by atoms with van der Waals surface area (Å²) >= 11 is 0. The highest BCUT2D eigenvalue weighted by Crippen LogP contribution is 2.26. The van der Waals surface area contributed by atoms with Crippen LogP contribution in [0, 0.1) is 6.92 Å². The van der Waals surface area contributed by atoms with Gasteiger partial charge in [-0.2, -0.15) is 0 Å². The second kappa shape index (κ2) is 5.40. The Bertz CT molecular complexity index is 604. The van der Waals surface area contributed by atoms with Crippen LogP contribution in [0.5, 0.6) is 0 Å². The van der Waals surface area contributed by atoms with Crippen molar-refractivity contribution in [2.45, 2.75) is 32.7 Å². The van der Waals surface area contributed by atoms with E-state index in [1.165, 1.54) is 0 Å². The van der Waals surface area contributed by atoms with E-state index in [0.717, 1.165) is 12.2 Å². The highest BCUT2D eigenvalue weighted by molar-refractivity contribution is 6.01. The lowest BCUT2D eigenvalue weighted by atomic mass is 10.1. The highest BCUT2D eigenvalue weighted by Gasteiger charge is 2.18. The Hall–Kier alpha value is -1.88. The lowest BCUT2D eigenvalue weighted by Gasteiger charge is -2.16. The Morgan fingerprint density at radius 2 is 2.21 bits per heavy atom. The molecule has 0 saturated carbocycles. The number of aromatic carboxylic acids is 1. The van der Waals surface area contributed by atoms with Crippen molar-refractivity contribution in [3.05, 3.63) is 29.6 Å². The molecule has 1 unspecified atom stereocenters. The molecule has 1 aromatic carbocycles. The van der Waals surface area contributed by atoms with Crippen LogP contribution in [0.1, 0.15) is 42.0 Å². The van der Waals surface area contributed by atoms with Crippen LogP contribution in [0.15, 0.2) is 18.2 Å². The third-order valence-electron chi connectivity index (χ3n) is 3.34. The lowest BCUT2D eigenvalue weighted by Crippen LogP contribution is -2.10. The van der Waals surface area contributed by atoms with Gasteiger partial charge in [-0.05, 0) is 38.8 Å². The molecule has 2 rings (SSSR count). The maximum atomic E-state index is 11.3. The summed E-state index contributed by atoms with van der Waals surface area (Å²) in [4.78, 5) is 15.8. The summed E-state index contributed by atoms with van der Waals surface area (Å²) in [5.74, 6) is -0.143. The third-order valence-corrected chi connectivity index (χ3v) is 3.34. The summed E-state index contributed by atoms with van der Waals surface area (Å²) in [7, 11) is 0.